The van der Waals surface area contributed by atoms with Gasteiger partial charge in [0.2, 0.25) is 5.91 Å². The second-order valence-electron chi connectivity index (χ2n) is 5.09. The number of rotatable bonds is 4. The molecule has 1 saturated heterocycles. The molecule has 0 unspecified atom stereocenters. The Balaban J connectivity index is 1.90. The maximum atomic E-state index is 12.3. The van der Waals surface area contributed by atoms with Crippen molar-refractivity contribution in [2.75, 3.05) is 13.1 Å². The smallest absolute Gasteiger partial charge is 0.223 e. The van der Waals surface area contributed by atoms with Crippen molar-refractivity contribution < 1.29 is 4.79 Å². The third-order valence-corrected chi connectivity index (χ3v) is 4.78. The summed E-state index contributed by atoms with van der Waals surface area (Å²) in [6, 6.07) is 4.38. The second kappa shape index (κ2) is 6.34. The molecule has 0 aromatic carbocycles. The Hall–Kier alpha value is -0.870. The number of nitrogens with two attached hydrogens (primary N) is 1. The first-order chi connectivity index (χ1) is 8.72. The van der Waals surface area contributed by atoms with Crippen molar-refractivity contribution >= 4 is 17.2 Å². The summed E-state index contributed by atoms with van der Waals surface area (Å²) in [5, 5.41) is 2.06. The van der Waals surface area contributed by atoms with Crippen molar-refractivity contribution in [2.45, 2.75) is 38.6 Å². The standard InChI is InChI=1S/C14H22N2OS/c1-11-4-2-8-16(13(11)10-15)14(17)7-6-12-5-3-9-18-12/h3,5,9,11,13H,2,4,6-8,10,15H2,1H3/t11-,13-/m1/s1. The van der Waals surface area contributed by atoms with Gasteiger partial charge in [0.05, 0.1) is 0 Å². The van der Waals surface area contributed by atoms with Crippen LogP contribution in [0.4, 0.5) is 0 Å². The van der Waals surface area contributed by atoms with E-state index < -0.39 is 0 Å². The van der Waals surface area contributed by atoms with E-state index in [1.54, 1.807) is 11.3 Å². The zero-order valence-electron chi connectivity index (χ0n) is 11.0. The van der Waals surface area contributed by atoms with Crippen LogP contribution in [0.1, 0.15) is 31.1 Å². The number of likely N-dealkylation sites (tertiary alicyclic amines) is 1. The fraction of sp³-hybridized carbons (Fsp3) is 0.643. The van der Waals surface area contributed by atoms with Gasteiger partial charge in [-0.3, -0.25) is 4.79 Å². The molecular weight excluding hydrogens is 244 g/mol. The maximum absolute atomic E-state index is 12.3. The third-order valence-electron chi connectivity index (χ3n) is 3.84. The van der Waals surface area contributed by atoms with Gasteiger partial charge in [-0.2, -0.15) is 0 Å². The zero-order valence-corrected chi connectivity index (χ0v) is 11.8. The van der Waals surface area contributed by atoms with Gasteiger partial charge in [0, 0.05) is 30.4 Å². The van der Waals surface area contributed by atoms with Crippen LogP contribution in [0.25, 0.3) is 0 Å². The molecule has 1 fully saturated rings. The van der Waals surface area contributed by atoms with E-state index in [1.165, 1.54) is 11.3 Å². The fourth-order valence-corrected chi connectivity index (χ4v) is 3.46. The van der Waals surface area contributed by atoms with Gasteiger partial charge in [0.15, 0.2) is 0 Å². The number of carbonyl (C=O) groups is 1. The third kappa shape index (κ3) is 3.12. The Kier molecular flexibility index (Phi) is 4.78. The van der Waals surface area contributed by atoms with Crippen molar-refractivity contribution in [1.82, 2.24) is 4.90 Å². The summed E-state index contributed by atoms with van der Waals surface area (Å²) in [7, 11) is 0. The lowest BCUT2D eigenvalue weighted by Crippen LogP contribution is -2.51. The molecule has 0 radical (unpaired) electrons. The molecule has 2 N–H and O–H groups in total. The number of carbonyl (C=O) groups excluding carboxylic acids is 1. The summed E-state index contributed by atoms with van der Waals surface area (Å²) in [5.41, 5.74) is 5.82. The van der Waals surface area contributed by atoms with Crippen molar-refractivity contribution in [3.63, 3.8) is 0 Å². The van der Waals surface area contributed by atoms with E-state index in [0.29, 0.717) is 18.9 Å². The van der Waals surface area contributed by atoms with E-state index >= 15 is 0 Å². The molecule has 1 amide bonds. The minimum absolute atomic E-state index is 0.245. The van der Waals surface area contributed by atoms with Crippen molar-refractivity contribution in [3.05, 3.63) is 22.4 Å². The Labute approximate surface area is 113 Å². The molecule has 3 nitrogen and oxygen atoms in total. The first-order valence-electron chi connectivity index (χ1n) is 6.74. The highest BCUT2D eigenvalue weighted by Crippen LogP contribution is 2.23. The summed E-state index contributed by atoms with van der Waals surface area (Å²) >= 11 is 1.72. The average molecular weight is 266 g/mol. The Bertz CT molecular complexity index is 377. The molecule has 2 atom stereocenters. The quantitative estimate of drug-likeness (QED) is 0.908. The lowest BCUT2D eigenvalue weighted by molar-refractivity contribution is -0.136. The average Bonchev–Trinajstić information content (AvgIpc) is 2.88. The van der Waals surface area contributed by atoms with Gasteiger partial charge < -0.3 is 10.6 Å². The first kappa shape index (κ1) is 13.6. The lowest BCUT2D eigenvalue weighted by atomic mass is 9.90. The first-order valence-corrected chi connectivity index (χ1v) is 7.62. The van der Waals surface area contributed by atoms with Gasteiger partial charge in [-0.1, -0.05) is 13.0 Å². The molecule has 0 saturated carbocycles. The van der Waals surface area contributed by atoms with Gasteiger partial charge in [-0.05, 0) is 36.6 Å². The minimum Gasteiger partial charge on any atom is -0.338 e. The predicted octanol–water partition coefficient (Wildman–Crippen LogP) is 2.27. The maximum Gasteiger partial charge on any atom is 0.223 e. The molecule has 18 heavy (non-hydrogen) atoms. The molecule has 2 rings (SSSR count). The number of nitrogens with zero attached hydrogens (tertiary/aromatic N) is 1. The molecule has 1 aromatic heterocycles. The lowest BCUT2D eigenvalue weighted by Gasteiger charge is -2.39. The molecule has 0 bridgehead atoms. The van der Waals surface area contributed by atoms with E-state index in [4.69, 9.17) is 5.73 Å². The van der Waals surface area contributed by atoms with Crippen LogP contribution in [0.5, 0.6) is 0 Å². The highest BCUT2D eigenvalue weighted by molar-refractivity contribution is 7.09. The number of aryl methyl sites for hydroxylation is 1. The second-order valence-corrected chi connectivity index (χ2v) is 6.12. The summed E-state index contributed by atoms with van der Waals surface area (Å²) in [5.74, 6) is 0.805. The summed E-state index contributed by atoms with van der Waals surface area (Å²) < 4.78 is 0. The summed E-state index contributed by atoms with van der Waals surface area (Å²) in [4.78, 5) is 15.6. The van der Waals surface area contributed by atoms with E-state index in [9.17, 15) is 4.79 Å². The normalized spacial score (nSPS) is 24.2. The number of hydrogen-bond acceptors (Lipinski definition) is 3. The molecule has 0 spiro atoms. The largest absolute Gasteiger partial charge is 0.338 e. The monoisotopic (exact) mass is 266 g/mol. The van der Waals surface area contributed by atoms with Gasteiger partial charge in [0.1, 0.15) is 0 Å². The Morgan fingerprint density at radius 1 is 1.61 bits per heavy atom. The SMILES string of the molecule is C[C@@H]1CCCN(C(=O)CCc2cccs2)[C@@H]1CN. The van der Waals surface area contributed by atoms with Crippen LogP contribution in [0.3, 0.4) is 0 Å². The Morgan fingerprint density at radius 3 is 3.11 bits per heavy atom. The molecule has 1 aliphatic heterocycles. The highest BCUT2D eigenvalue weighted by atomic mass is 32.1. The predicted molar refractivity (Wildman–Crippen MR) is 75.6 cm³/mol. The van der Waals surface area contributed by atoms with Crippen LogP contribution < -0.4 is 5.73 Å². The van der Waals surface area contributed by atoms with E-state index in [0.717, 1.165) is 19.4 Å². The fourth-order valence-electron chi connectivity index (χ4n) is 2.75. The van der Waals surface area contributed by atoms with Crippen molar-refractivity contribution in [1.29, 1.82) is 0 Å². The van der Waals surface area contributed by atoms with Crippen LogP contribution >= 0.6 is 11.3 Å². The topological polar surface area (TPSA) is 46.3 Å². The molecular formula is C14H22N2OS. The molecule has 4 heteroatoms. The summed E-state index contributed by atoms with van der Waals surface area (Å²) in [6.45, 7) is 3.68. The van der Waals surface area contributed by atoms with Crippen molar-refractivity contribution in [2.24, 2.45) is 11.7 Å². The van der Waals surface area contributed by atoms with Crippen LogP contribution in [-0.4, -0.2) is 29.9 Å². The highest BCUT2D eigenvalue weighted by Gasteiger charge is 2.30. The van der Waals surface area contributed by atoms with Gasteiger partial charge in [-0.25, -0.2) is 0 Å². The number of hydrogen-bond donors (Lipinski definition) is 1. The molecule has 2 heterocycles. The number of amides is 1. The van der Waals surface area contributed by atoms with Crippen LogP contribution in [0.2, 0.25) is 0 Å². The van der Waals surface area contributed by atoms with Crippen LogP contribution in [-0.2, 0) is 11.2 Å². The van der Waals surface area contributed by atoms with Crippen LogP contribution in [0.15, 0.2) is 17.5 Å². The van der Waals surface area contributed by atoms with Gasteiger partial charge in [0.25, 0.3) is 0 Å². The number of piperidine rings is 1. The van der Waals surface area contributed by atoms with E-state index in [1.807, 2.05) is 11.0 Å². The molecule has 0 aliphatic carbocycles. The summed E-state index contributed by atoms with van der Waals surface area (Å²) in [6.07, 6.45) is 3.78. The zero-order chi connectivity index (χ0) is 13.0. The van der Waals surface area contributed by atoms with Crippen LogP contribution in [0, 0.1) is 5.92 Å². The van der Waals surface area contributed by atoms with E-state index in [2.05, 4.69) is 18.4 Å². The minimum atomic E-state index is 0.245. The van der Waals surface area contributed by atoms with Crippen molar-refractivity contribution in [3.8, 4) is 0 Å². The van der Waals surface area contributed by atoms with Gasteiger partial charge >= 0.3 is 0 Å². The Morgan fingerprint density at radius 2 is 2.44 bits per heavy atom. The van der Waals surface area contributed by atoms with Gasteiger partial charge in [-0.15, -0.1) is 11.3 Å². The molecule has 100 valence electrons. The molecule has 1 aliphatic rings. The molecule has 1 aromatic rings. The number of thiophene rings is 1. The van der Waals surface area contributed by atoms with E-state index in [-0.39, 0.29) is 11.9 Å².